The van der Waals surface area contributed by atoms with Crippen LogP contribution < -0.4 is 5.32 Å². The Kier molecular flexibility index (Phi) is 4.41. The molecule has 0 fully saturated rings. The number of hydrogen-bond acceptors (Lipinski definition) is 3. The second kappa shape index (κ2) is 5.86. The van der Waals surface area contributed by atoms with Crippen molar-refractivity contribution in [2.45, 2.75) is 6.92 Å². The zero-order valence-electron chi connectivity index (χ0n) is 8.99. The first kappa shape index (κ1) is 11.3. The summed E-state index contributed by atoms with van der Waals surface area (Å²) in [6.45, 7) is 2.30. The van der Waals surface area contributed by atoms with Gasteiger partial charge in [-0.25, -0.2) is 4.79 Å². The highest BCUT2D eigenvalue weighted by Crippen LogP contribution is 2.06. The molecule has 0 saturated heterocycles. The van der Waals surface area contributed by atoms with Crippen molar-refractivity contribution in [2.75, 3.05) is 19.0 Å². The van der Waals surface area contributed by atoms with Gasteiger partial charge in [0.2, 0.25) is 0 Å². The van der Waals surface area contributed by atoms with Crippen molar-refractivity contribution in [1.29, 1.82) is 0 Å². The van der Waals surface area contributed by atoms with Gasteiger partial charge in [0.05, 0.1) is 12.7 Å². The van der Waals surface area contributed by atoms with E-state index in [2.05, 4.69) is 10.1 Å². The Morgan fingerprint density at radius 2 is 2.07 bits per heavy atom. The van der Waals surface area contributed by atoms with Crippen LogP contribution in [0.3, 0.4) is 0 Å². The highest BCUT2D eigenvalue weighted by atomic mass is 16.5. The Morgan fingerprint density at radius 3 is 2.60 bits per heavy atom. The lowest BCUT2D eigenvalue weighted by Gasteiger charge is -2.07. The maximum absolute atomic E-state index is 11.2. The molecule has 15 heavy (non-hydrogen) atoms. The molecule has 1 aromatic rings. The summed E-state index contributed by atoms with van der Waals surface area (Å²) in [6, 6.07) is 9.72. The Balaban J connectivity index is 2.53. The predicted molar refractivity (Wildman–Crippen MR) is 60.7 cm³/mol. The van der Waals surface area contributed by atoms with Crippen molar-refractivity contribution in [3.8, 4) is 0 Å². The van der Waals surface area contributed by atoms with Crippen LogP contribution in [0, 0.1) is 0 Å². The minimum atomic E-state index is -0.291. The Hall–Kier alpha value is -1.77. The van der Waals surface area contributed by atoms with Crippen molar-refractivity contribution >= 4 is 11.7 Å². The smallest absolute Gasteiger partial charge is 0.335 e. The Morgan fingerprint density at radius 1 is 1.40 bits per heavy atom. The molecule has 0 spiro atoms. The van der Waals surface area contributed by atoms with Crippen LogP contribution in [0.1, 0.15) is 6.92 Å². The van der Waals surface area contributed by atoms with Crippen molar-refractivity contribution in [2.24, 2.45) is 0 Å². The van der Waals surface area contributed by atoms with E-state index in [0.717, 1.165) is 5.69 Å². The van der Waals surface area contributed by atoms with Gasteiger partial charge in [-0.05, 0) is 19.1 Å². The van der Waals surface area contributed by atoms with Crippen LogP contribution in [-0.2, 0) is 9.53 Å². The fourth-order valence-corrected chi connectivity index (χ4v) is 1.18. The van der Waals surface area contributed by atoms with E-state index in [1.165, 1.54) is 7.11 Å². The number of ether oxygens (including phenoxy) is 1. The molecule has 0 aliphatic carbocycles. The predicted octanol–water partition coefficient (Wildman–Crippen LogP) is 2.22. The molecule has 0 amide bonds. The number of esters is 1. The van der Waals surface area contributed by atoms with E-state index in [0.29, 0.717) is 12.1 Å². The summed E-state index contributed by atoms with van der Waals surface area (Å²) in [7, 11) is 1.38. The highest BCUT2D eigenvalue weighted by Gasteiger charge is 2.07. The second-order valence-corrected chi connectivity index (χ2v) is 3.03. The fraction of sp³-hybridized carbons (Fsp3) is 0.250. The van der Waals surface area contributed by atoms with E-state index in [9.17, 15) is 4.79 Å². The van der Waals surface area contributed by atoms with Crippen molar-refractivity contribution in [3.63, 3.8) is 0 Å². The van der Waals surface area contributed by atoms with Gasteiger partial charge in [-0.3, -0.25) is 0 Å². The van der Waals surface area contributed by atoms with Gasteiger partial charge in [-0.1, -0.05) is 24.3 Å². The van der Waals surface area contributed by atoms with Gasteiger partial charge in [-0.15, -0.1) is 0 Å². The van der Waals surface area contributed by atoms with Gasteiger partial charge in [0, 0.05) is 12.2 Å². The molecule has 0 heterocycles. The second-order valence-electron chi connectivity index (χ2n) is 3.03. The van der Waals surface area contributed by atoms with Gasteiger partial charge in [0.1, 0.15) is 0 Å². The SMILES string of the molecule is CC=C(CNc1ccccc1)C(=O)OC. The lowest BCUT2D eigenvalue weighted by molar-refractivity contribution is -0.136. The molecule has 3 nitrogen and oxygen atoms in total. The molecule has 1 N–H and O–H groups in total. The van der Waals surface area contributed by atoms with Crippen LogP contribution in [0.15, 0.2) is 42.0 Å². The molecule has 0 bridgehead atoms. The van der Waals surface area contributed by atoms with Crippen LogP contribution in [0.2, 0.25) is 0 Å². The van der Waals surface area contributed by atoms with Crippen molar-refractivity contribution < 1.29 is 9.53 Å². The number of methoxy groups -OCH3 is 1. The van der Waals surface area contributed by atoms with E-state index < -0.39 is 0 Å². The number of carbonyl (C=O) groups excluding carboxylic acids is 1. The molecule has 1 rings (SSSR count). The molecule has 1 aromatic carbocycles. The summed E-state index contributed by atoms with van der Waals surface area (Å²) in [5, 5.41) is 3.14. The molecule has 80 valence electrons. The number of allylic oxidation sites excluding steroid dienone is 1. The zero-order valence-corrected chi connectivity index (χ0v) is 8.99. The molecular weight excluding hydrogens is 190 g/mol. The largest absolute Gasteiger partial charge is 0.466 e. The number of nitrogens with one attached hydrogen (secondary N) is 1. The van der Waals surface area contributed by atoms with E-state index in [-0.39, 0.29) is 5.97 Å². The molecule has 0 aliphatic heterocycles. The van der Waals surface area contributed by atoms with Crippen LogP contribution in [0.25, 0.3) is 0 Å². The molecule has 0 saturated carbocycles. The van der Waals surface area contributed by atoms with Crippen LogP contribution in [0.5, 0.6) is 0 Å². The Bertz CT molecular complexity index is 344. The van der Waals surface area contributed by atoms with Gasteiger partial charge >= 0.3 is 5.97 Å². The number of anilines is 1. The molecule has 0 radical (unpaired) electrons. The number of carbonyl (C=O) groups is 1. The normalized spacial score (nSPS) is 10.9. The summed E-state index contributed by atoms with van der Waals surface area (Å²) >= 11 is 0. The summed E-state index contributed by atoms with van der Waals surface area (Å²) in [4.78, 5) is 11.2. The minimum absolute atomic E-state index is 0.291. The molecular formula is C12H15NO2. The molecule has 3 heteroatoms. The van der Waals surface area contributed by atoms with Crippen LogP contribution >= 0.6 is 0 Å². The van der Waals surface area contributed by atoms with Crippen LogP contribution in [-0.4, -0.2) is 19.6 Å². The highest BCUT2D eigenvalue weighted by molar-refractivity contribution is 5.89. The monoisotopic (exact) mass is 205 g/mol. The van der Waals surface area contributed by atoms with Gasteiger partial charge in [0.15, 0.2) is 0 Å². The van der Waals surface area contributed by atoms with Crippen molar-refractivity contribution in [3.05, 3.63) is 42.0 Å². The first-order valence-electron chi connectivity index (χ1n) is 4.80. The van der Waals surface area contributed by atoms with Crippen molar-refractivity contribution in [1.82, 2.24) is 0 Å². The van der Waals surface area contributed by atoms with E-state index in [1.807, 2.05) is 37.3 Å². The van der Waals surface area contributed by atoms with E-state index in [1.54, 1.807) is 6.08 Å². The third-order valence-corrected chi connectivity index (χ3v) is 2.05. The number of hydrogen-bond donors (Lipinski definition) is 1. The Labute approximate surface area is 89.8 Å². The van der Waals surface area contributed by atoms with Gasteiger partial charge in [0.25, 0.3) is 0 Å². The standard InChI is InChI=1S/C12H15NO2/c1-3-10(12(14)15-2)9-13-11-7-5-4-6-8-11/h3-8,13H,9H2,1-2H3. The number of benzene rings is 1. The maximum Gasteiger partial charge on any atom is 0.335 e. The summed E-state index contributed by atoms with van der Waals surface area (Å²) in [5.41, 5.74) is 1.61. The summed E-state index contributed by atoms with van der Waals surface area (Å²) in [5.74, 6) is -0.291. The van der Waals surface area contributed by atoms with E-state index >= 15 is 0 Å². The zero-order chi connectivity index (χ0) is 11.1. The average molecular weight is 205 g/mol. The minimum Gasteiger partial charge on any atom is -0.466 e. The fourth-order valence-electron chi connectivity index (χ4n) is 1.18. The number of rotatable bonds is 4. The topological polar surface area (TPSA) is 38.3 Å². The first-order chi connectivity index (χ1) is 7.27. The summed E-state index contributed by atoms with van der Waals surface area (Å²) in [6.07, 6.45) is 1.75. The third-order valence-electron chi connectivity index (χ3n) is 2.05. The third kappa shape index (κ3) is 3.46. The molecule has 0 aromatic heterocycles. The maximum atomic E-state index is 11.2. The lowest BCUT2D eigenvalue weighted by Crippen LogP contribution is -2.14. The van der Waals surface area contributed by atoms with Crippen LogP contribution in [0.4, 0.5) is 5.69 Å². The van der Waals surface area contributed by atoms with Gasteiger partial charge in [-0.2, -0.15) is 0 Å². The van der Waals surface area contributed by atoms with E-state index in [4.69, 9.17) is 0 Å². The quantitative estimate of drug-likeness (QED) is 0.605. The average Bonchev–Trinajstić information content (AvgIpc) is 2.31. The lowest BCUT2D eigenvalue weighted by atomic mass is 10.2. The molecule has 0 unspecified atom stereocenters. The summed E-state index contributed by atoms with van der Waals surface area (Å²) < 4.78 is 4.64. The number of para-hydroxylation sites is 1. The molecule has 0 aliphatic rings. The molecule has 0 atom stereocenters. The first-order valence-corrected chi connectivity index (χ1v) is 4.80. The van der Waals surface area contributed by atoms with Gasteiger partial charge < -0.3 is 10.1 Å².